The minimum absolute atomic E-state index is 0.342. The molecule has 0 radical (unpaired) electrons. The number of rotatable bonds is 3. The molecule has 1 aromatic carbocycles. The second kappa shape index (κ2) is 4.91. The van der Waals surface area contributed by atoms with Crippen LogP contribution in [0.1, 0.15) is 11.1 Å². The second-order valence-electron chi connectivity index (χ2n) is 4.05. The number of aromatic amines is 1. The number of aryl methyl sites for hydroxylation is 1. The Bertz CT molecular complexity index is 653. The van der Waals surface area contributed by atoms with Crippen LogP contribution in [0.5, 0.6) is 5.75 Å². The highest BCUT2D eigenvalue weighted by Gasteiger charge is 2.02. The highest BCUT2D eigenvalue weighted by molar-refractivity contribution is 5.27. The van der Waals surface area contributed by atoms with Crippen molar-refractivity contribution in [3.05, 3.63) is 62.4 Å². The van der Waals surface area contributed by atoms with Crippen molar-refractivity contribution in [2.75, 3.05) is 7.11 Å². The van der Waals surface area contributed by atoms with Crippen LogP contribution in [0.3, 0.4) is 0 Å². The smallest absolute Gasteiger partial charge is 0.328 e. The summed E-state index contributed by atoms with van der Waals surface area (Å²) in [6, 6.07) is 7.43. The molecule has 0 unspecified atom stereocenters. The molecule has 5 nitrogen and oxygen atoms in total. The summed E-state index contributed by atoms with van der Waals surface area (Å²) in [7, 11) is 1.60. The lowest BCUT2D eigenvalue weighted by molar-refractivity contribution is 0.414. The molecule has 0 saturated heterocycles. The third-order valence-electron chi connectivity index (χ3n) is 2.70. The summed E-state index contributed by atoms with van der Waals surface area (Å²) >= 11 is 0. The Morgan fingerprint density at radius 2 is 1.89 bits per heavy atom. The molecule has 1 heterocycles. The molecule has 0 bridgehead atoms. The summed E-state index contributed by atoms with van der Waals surface area (Å²) < 4.78 is 6.53. The van der Waals surface area contributed by atoms with Gasteiger partial charge in [-0.25, -0.2) is 4.79 Å². The summed E-state index contributed by atoms with van der Waals surface area (Å²) in [6.07, 6.45) is 1.56. The number of nitrogens with zero attached hydrogens (tertiary/aromatic N) is 1. The predicted molar refractivity (Wildman–Crippen MR) is 68.2 cm³/mol. The maximum absolute atomic E-state index is 11.6. The monoisotopic (exact) mass is 246 g/mol. The van der Waals surface area contributed by atoms with E-state index in [0.717, 1.165) is 11.3 Å². The Hall–Kier alpha value is -2.30. The van der Waals surface area contributed by atoms with Crippen molar-refractivity contribution in [2.24, 2.45) is 0 Å². The van der Waals surface area contributed by atoms with Gasteiger partial charge in [-0.15, -0.1) is 0 Å². The van der Waals surface area contributed by atoms with Gasteiger partial charge >= 0.3 is 5.69 Å². The average Bonchev–Trinajstić information content (AvgIpc) is 2.37. The molecule has 0 amide bonds. The van der Waals surface area contributed by atoms with Gasteiger partial charge in [-0.1, -0.05) is 12.1 Å². The highest BCUT2D eigenvalue weighted by Crippen LogP contribution is 2.11. The first kappa shape index (κ1) is 12.2. The third kappa shape index (κ3) is 2.51. The highest BCUT2D eigenvalue weighted by atomic mass is 16.5. The van der Waals surface area contributed by atoms with Crippen LogP contribution in [0.4, 0.5) is 0 Å². The Balaban J connectivity index is 2.31. The van der Waals surface area contributed by atoms with Crippen molar-refractivity contribution in [3.8, 4) is 5.75 Å². The number of H-pyrrole nitrogens is 1. The standard InChI is InChI=1S/C13H14N2O3/c1-9-7-15(13(17)14-12(9)16)8-10-3-5-11(18-2)6-4-10/h3-7H,8H2,1-2H3,(H,14,16,17). The van der Waals surface area contributed by atoms with Crippen molar-refractivity contribution in [3.63, 3.8) is 0 Å². The maximum Gasteiger partial charge on any atom is 0.328 e. The van der Waals surface area contributed by atoms with Gasteiger partial charge in [0, 0.05) is 11.8 Å². The van der Waals surface area contributed by atoms with Crippen LogP contribution in [0.25, 0.3) is 0 Å². The summed E-state index contributed by atoms with van der Waals surface area (Å²) in [5, 5.41) is 0. The van der Waals surface area contributed by atoms with Crippen molar-refractivity contribution in [2.45, 2.75) is 13.5 Å². The fourth-order valence-electron chi connectivity index (χ4n) is 1.66. The van der Waals surface area contributed by atoms with Crippen LogP contribution in [0.2, 0.25) is 0 Å². The molecule has 0 aliphatic rings. The molecule has 2 rings (SSSR count). The summed E-state index contributed by atoms with van der Waals surface area (Å²) in [5.74, 6) is 0.767. The fourth-order valence-corrected chi connectivity index (χ4v) is 1.66. The Kier molecular flexibility index (Phi) is 3.32. The van der Waals surface area contributed by atoms with E-state index in [1.165, 1.54) is 4.57 Å². The van der Waals surface area contributed by atoms with Gasteiger partial charge in [0.2, 0.25) is 0 Å². The molecule has 0 spiro atoms. The zero-order chi connectivity index (χ0) is 13.1. The molecule has 0 fully saturated rings. The molecule has 1 N–H and O–H groups in total. The van der Waals surface area contributed by atoms with Crippen LogP contribution in [-0.2, 0) is 6.54 Å². The molecular weight excluding hydrogens is 232 g/mol. The van der Waals surface area contributed by atoms with Crippen molar-refractivity contribution in [1.82, 2.24) is 9.55 Å². The van der Waals surface area contributed by atoms with Crippen LogP contribution in [0, 0.1) is 6.92 Å². The maximum atomic E-state index is 11.6. The molecule has 0 atom stereocenters. The number of hydrogen-bond donors (Lipinski definition) is 1. The van der Waals surface area contributed by atoms with Gasteiger partial charge in [0.1, 0.15) is 5.75 Å². The van der Waals surface area contributed by atoms with Crippen molar-refractivity contribution in [1.29, 1.82) is 0 Å². The van der Waals surface area contributed by atoms with Crippen LogP contribution >= 0.6 is 0 Å². The SMILES string of the molecule is COc1ccc(Cn2cc(C)c(=O)[nH]c2=O)cc1. The number of benzene rings is 1. The number of ether oxygens (including phenoxy) is 1. The molecule has 5 heteroatoms. The van der Waals surface area contributed by atoms with Gasteiger partial charge in [-0.3, -0.25) is 14.3 Å². The van der Waals surface area contributed by atoms with E-state index in [2.05, 4.69) is 4.98 Å². The van der Waals surface area contributed by atoms with E-state index in [0.29, 0.717) is 12.1 Å². The Morgan fingerprint density at radius 3 is 2.50 bits per heavy atom. The minimum atomic E-state index is -0.401. The lowest BCUT2D eigenvalue weighted by Crippen LogP contribution is -2.31. The Morgan fingerprint density at radius 1 is 1.22 bits per heavy atom. The molecule has 0 aliphatic carbocycles. The molecule has 94 valence electrons. The van der Waals surface area contributed by atoms with E-state index in [9.17, 15) is 9.59 Å². The van der Waals surface area contributed by atoms with Gasteiger partial charge in [-0.2, -0.15) is 0 Å². The van der Waals surface area contributed by atoms with E-state index in [4.69, 9.17) is 4.74 Å². The summed E-state index contributed by atoms with van der Waals surface area (Å²) in [5.41, 5.74) is 0.736. The fraction of sp³-hybridized carbons (Fsp3) is 0.231. The molecular formula is C13H14N2O3. The molecule has 0 saturated carbocycles. The second-order valence-corrected chi connectivity index (χ2v) is 4.05. The van der Waals surface area contributed by atoms with Gasteiger partial charge < -0.3 is 4.74 Å². The average molecular weight is 246 g/mol. The lowest BCUT2D eigenvalue weighted by Gasteiger charge is -2.07. The van der Waals surface area contributed by atoms with Crippen LogP contribution in [0.15, 0.2) is 40.1 Å². The Labute approximate surface area is 104 Å². The molecule has 1 aromatic heterocycles. The van der Waals surface area contributed by atoms with Crippen molar-refractivity contribution < 1.29 is 4.74 Å². The largest absolute Gasteiger partial charge is 0.497 e. The normalized spacial score (nSPS) is 10.3. The minimum Gasteiger partial charge on any atom is -0.497 e. The van der Waals surface area contributed by atoms with E-state index in [1.807, 2.05) is 24.3 Å². The zero-order valence-electron chi connectivity index (χ0n) is 10.3. The van der Waals surface area contributed by atoms with Gasteiger partial charge in [0.15, 0.2) is 0 Å². The molecule has 18 heavy (non-hydrogen) atoms. The van der Waals surface area contributed by atoms with E-state index < -0.39 is 5.69 Å². The van der Waals surface area contributed by atoms with Crippen LogP contribution < -0.4 is 16.0 Å². The van der Waals surface area contributed by atoms with Crippen LogP contribution in [-0.4, -0.2) is 16.7 Å². The number of aromatic nitrogens is 2. The third-order valence-corrected chi connectivity index (χ3v) is 2.70. The quantitative estimate of drug-likeness (QED) is 0.875. The van der Waals surface area contributed by atoms with Crippen molar-refractivity contribution >= 4 is 0 Å². The first-order valence-corrected chi connectivity index (χ1v) is 5.53. The predicted octanol–water partition coefficient (Wildman–Crippen LogP) is 0.902. The van der Waals surface area contributed by atoms with E-state index >= 15 is 0 Å². The van der Waals surface area contributed by atoms with Gasteiger partial charge in [0.25, 0.3) is 5.56 Å². The van der Waals surface area contributed by atoms with E-state index in [-0.39, 0.29) is 5.56 Å². The summed E-state index contributed by atoms with van der Waals surface area (Å²) in [6.45, 7) is 2.09. The number of methoxy groups -OCH3 is 1. The molecule has 0 aliphatic heterocycles. The lowest BCUT2D eigenvalue weighted by atomic mass is 10.2. The van der Waals surface area contributed by atoms with Gasteiger partial charge in [-0.05, 0) is 24.6 Å². The number of hydrogen-bond acceptors (Lipinski definition) is 3. The topological polar surface area (TPSA) is 64.1 Å². The first-order chi connectivity index (χ1) is 8.60. The first-order valence-electron chi connectivity index (χ1n) is 5.53. The van der Waals surface area contributed by atoms with E-state index in [1.54, 1.807) is 20.2 Å². The zero-order valence-corrected chi connectivity index (χ0v) is 10.3. The number of nitrogens with one attached hydrogen (secondary N) is 1. The summed E-state index contributed by atoms with van der Waals surface area (Å²) in [4.78, 5) is 25.1. The van der Waals surface area contributed by atoms with Gasteiger partial charge in [0.05, 0.1) is 13.7 Å². The molecule has 2 aromatic rings.